The van der Waals surface area contributed by atoms with Crippen molar-refractivity contribution in [1.82, 2.24) is 9.78 Å². The minimum atomic E-state index is -4.71. The molecule has 1 unspecified atom stereocenters. The molecule has 0 saturated carbocycles. The fraction of sp³-hybridized carbons (Fsp3) is 0.158. The van der Waals surface area contributed by atoms with E-state index in [4.69, 9.17) is 22.5 Å². The van der Waals surface area contributed by atoms with Gasteiger partial charge < -0.3 is 5.73 Å². The second-order valence-electron chi connectivity index (χ2n) is 6.87. The molecule has 0 aliphatic carbocycles. The Morgan fingerprint density at radius 3 is 2.41 bits per heavy atom. The maximum atomic E-state index is 14.6. The third kappa shape index (κ3) is 4.47. The van der Waals surface area contributed by atoms with Crippen molar-refractivity contribution in [3.63, 3.8) is 0 Å². The molecule has 2 aromatic carbocycles. The molecule has 0 radical (unpaired) electrons. The number of halogens is 5. The number of hydrogen-bond acceptors (Lipinski definition) is 4. The Bertz CT molecular complexity index is 1320. The number of carbonyl (C=O) groups is 1. The minimum absolute atomic E-state index is 0.0834. The predicted molar refractivity (Wildman–Crippen MR) is 107 cm³/mol. The number of amides is 1. The van der Waals surface area contributed by atoms with Crippen LogP contribution in [0.2, 0.25) is 5.02 Å². The van der Waals surface area contributed by atoms with Crippen molar-refractivity contribution < 1.29 is 30.8 Å². The Morgan fingerprint density at radius 2 is 1.88 bits per heavy atom. The van der Waals surface area contributed by atoms with Gasteiger partial charge >= 0.3 is 6.18 Å². The zero-order valence-corrected chi connectivity index (χ0v) is 17.8. The van der Waals surface area contributed by atoms with Crippen molar-refractivity contribution >= 4 is 27.5 Å². The van der Waals surface area contributed by atoms with Crippen molar-refractivity contribution in [2.24, 2.45) is 10.9 Å². The number of primary sulfonamides is 1. The maximum Gasteiger partial charge on any atom is 0.419 e. The lowest BCUT2D eigenvalue weighted by Gasteiger charge is -2.19. The van der Waals surface area contributed by atoms with Crippen LogP contribution in [0.3, 0.4) is 0 Å². The van der Waals surface area contributed by atoms with Crippen LogP contribution in [-0.2, 0) is 21.0 Å². The number of nitrogens with zero attached hydrogens (tertiary/aromatic N) is 2. The highest BCUT2D eigenvalue weighted by molar-refractivity contribution is 7.89. The molecule has 0 aliphatic heterocycles. The molecule has 1 atom stereocenters. The van der Waals surface area contributed by atoms with Gasteiger partial charge in [0.2, 0.25) is 15.9 Å². The normalized spacial score (nSPS) is 13.2. The zero-order valence-electron chi connectivity index (χ0n) is 16.2. The molecule has 1 heterocycles. The zero-order chi connectivity index (χ0) is 24.0. The lowest BCUT2D eigenvalue weighted by Crippen LogP contribution is -2.25. The number of primary amides is 1. The summed E-state index contributed by atoms with van der Waals surface area (Å²) in [5.41, 5.74) is 4.11. The average Bonchev–Trinajstić information content (AvgIpc) is 3.17. The van der Waals surface area contributed by atoms with E-state index < -0.39 is 44.3 Å². The molecule has 3 aromatic rings. The van der Waals surface area contributed by atoms with Gasteiger partial charge in [0.05, 0.1) is 28.4 Å². The standard InChI is InChI=1S/C19H15ClF4N4O3S/c1-9-2-4-12(21)16(17(9)20)15(18(25)29)10-3-5-13(14(6-10)32(26,30)31)28-8-11(7-27-28)19(22,23)24/h2-8,15H,1H3,(H2,25,29)(H2,26,30,31). The summed E-state index contributed by atoms with van der Waals surface area (Å²) < 4.78 is 78.4. The first-order valence-electron chi connectivity index (χ1n) is 8.74. The fourth-order valence-corrected chi connectivity index (χ4v) is 4.16. The molecule has 170 valence electrons. The van der Waals surface area contributed by atoms with Gasteiger partial charge in [-0.15, -0.1) is 0 Å². The largest absolute Gasteiger partial charge is 0.419 e. The smallest absolute Gasteiger partial charge is 0.369 e. The van der Waals surface area contributed by atoms with E-state index in [-0.39, 0.29) is 21.8 Å². The van der Waals surface area contributed by atoms with Gasteiger partial charge in [-0.1, -0.05) is 23.7 Å². The first-order chi connectivity index (χ1) is 14.7. The van der Waals surface area contributed by atoms with Crippen LogP contribution in [0.15, 0.2) is 47.6 Å². The van der Waals surface area contributed by atoms with Crippen LogP contribution in [0.4, 0.5) is 17.6 Å². The van der Waals surface area contributed by atoms with Gasteiger partial charge in [0.15, 0.2) is 0 Å². The highest BCUT2D eigenvalue weighted by atomic mass is 35.5. The van der Waals surface area contributed by atoms with Crippen molar-refractivity contribution in [1.29, 1.82) is 0 Å². The Morgan fingerprint density at radius 1 is 1.22 bits per heavy atom. The Labute approximate surface area is 184 Å². The Balaban J connectivity index is 2.24. The topological polar surface area (TPSA) is 121 Å². The number of benzene rings is 2. The number of rotatable bonds is 5. The number of hydrogen-bond donors (Lipinski definition) is 2. The van der Waals surface area contributed by atoms with Crippen LogP contribution in [-0.4, -0.2) is 24.1 Å². The molecule has 0 aliphatic rings. The van der Waals surface area contributed by atoms with Gasteiger partial charge in [-0.25, -0.2) is 22.6 Å². The van der Waals surface area contributed by atoms with Crippen molar-refractivity contribution in [3.8, 4) is 5.69 Å². The summed E-state index contributed by atoms with van der Waals surface area (Å²) in [6, 6.07) is 5.66. The van der Waals surface area contributed by atoms with Crippen molar-refractivity contribution in [2.45, 2.75) is 23.9 Å². The maximum absolute atomic E-state index is 14.6. The summed E-state index contributed by atoms with van der Waals surface area (Å²) in [4.78, 5) is 11.6. The van der Waals surface area contributed by atoms with E-state index in [2.05, 4.69) is 5.10 Å². The number of alkyl halides is 3. The van der Waals surface area contributed by atoms with E-state index in [9.17, 15) is 30.8 Å². The second kappa shape index (κ2) is 8.19. The summed E-state index contributed by atoms with van der Waals surface area (Å²) in [7, 11) is -4.52. The molecule has 0 bridgehead atoms. The Hall–Kier alpha value is -2.96. The quantitative estimate of drug-likeness (QED) is 0.533. The molecule has 0 spiro atoms. The van der Waals surface area contributed by atoms with Gasteiger partial charge in [0.25, 0.3) is 0 Å². The summed E-state index contributed by atoms with van der Waals surface area (Å²) >= 11 is 6.18. The van der Waals surface area contributed by atoms with Crippen LogP contribution < -0.4 is 10.9 Å². The summed E-state index contributed by atoms with van der Waals surface area (Å²) in [6.07, 6.45) is -3.63. The molecule has 1 aromatic heterocycles. The monoisotopic (exact) mass is 490 g/mol. The Kier molecular flexibility index (Phi) is 6.06. The molecule has 32 heavy (non-hydrogen) atoms. The van der Waals surface area contributed by atoms with Crippen LogP contribution >= 0.6 is 11.6 Å². The summed E-state index contributed by atoms with van der Waals surface area (Å²) in [5.74, 6) is -3.39. The number of sulfonamides is 1. The molecule has 13 heteroatoms. The second-order valence-corrected chi connectivity index (χ2v) is 8.78. The van der Waals surface area contributed by atoms with E-state index in [1.165, 1.54) is 12.1 Å². The van der Waals surface area contributed by atoms with Gasteiger partial charge in [-0.05, 0) is 36.2 Å². The van der Waals surface area contributed by atoms with Gasteiger partial charge in [-0.2, -0.15) is 18.3 Å². The predicted octanol–water partition coefficient (Wildman–Crippen LogP) is 3.26. The molecule has 0 saturated heterocycles. The minimum Gasteiger partial charge on any atom is -0.369 e. The summed E-state index contributed by atoms with van der Waals surface area (Å²) in [5, 5.41) is 8.70. The van der Waals surface area contributed by atoms with Crippen LogP contribution in [0.5, 0.6) is 0 Å². The van der Waals surface area contributed by atoms with Crippen molar-refractivity contribution in [2.75, 3.05) is 0 Å². The average molecular weight is 491 g/mol. The van der Waals surface area contributed by atoms with Gasteiger partial charge in [0.1, 0.15) is 10.7 Å². The third-order valence-electron chi connectivity index (χ3n) is 4.67. The molecule has 3 rings (SSSR count). The molecular weight excluding hydrogens is 476 g/mol. The van der Waals surface area contributed by atoms with Crippen LogP contribution in [0, 0.1) is 12.7 Å². The fourth-order valence-electron chi connectivity index (χ4n) is 3.14. The lowest BCUT2D eigenvalue weighted by molar-refractivity contribution is -0.137. The first-order valence-corrected chi connectivity index (χ1v) is 10.7. The van der Waals surface area contributed by atoms with E-state index >= 15 is 0 Å². The van der Waals surface area contributed by atoms with Crippen molar-refractivity contribution in [3.05, 3.63) is 75.8 Å². The number of nitrogens with two attached hydrogens (primary N) is 2. The highest BCUT2D eigenvalue weighted by Crippen LogP contribution is 2.36. The molecular formula is C19H15ClF4N4O3S. The number of aromatic nitrogens is 2. The van der Waals surface area contributed by atoms with E-state index in [1.807, 2.05) is 0 Å². The first kappa shape index (κ1) is 23.7. The highest BCUT2D eigenvalue weighted by Gasteiger charge is 2.33. The third-order valence-corrected chi connectivity index (χ3v) is 6.12. The SMILES string of the molecule is Cc1ccc(F)c(C(C(N)=O)c2ccc(-n3cc(C(F)(F)F)cn3)c(S(N)(=O)=O)c2)c1Cl. The number of aryl methyl sites for hydroxylation is 1. The van der Waals surface area contributed by atoms with Gasteiger partial charge in [0, 0.05) is 11.8 Å². The van der Waals surface area contributed by atoms with Gasteiger partial charge in [-0.3, -0.25) is 4.79 Å². The van der Waals surface area contributed by atoms with E-state index in [1.54, 1.807) is 6.92 Å². The lowest BCUT2D eigenvalue weighted by atomic mass is 9.89. The molecule has 0 fully saturated rings. The number of carbonyl (C=O) groups excluding carboxylic acids is 1. The molecule has 1 amide bonds. The van der Waals surface area contributed by atoms with Crippen LogP contribution in [0.25, 0.3) is 5.69 Å². The van der Waals surface area contributed by atoms with E-state index in [0.29, 0.717) is 22.6 Å². The van der Waals surface area contributed by atoms with E-state index in [0.717, 1.165) is 18.2 Å². The van der Waals surface area contributed by atoms with Crippen LogP contribution in [0.1, 0.15) is 28.2 Å². The molecule has 4 N–H and O–H groups in total. The molecule has 7 nitrogen and oxygen atoms in total. The summed E-state index contributed by atoms with van der Waals surface area (Å²) in [6.45, 7) is 1.57.